The maximum absolute atomic E-state index is 14.2. The Morgan fingerprint density at radius 1 is 1.14 bits per heavy atom. The second kappa shape index (κ2) is 14.2. The van der Waals surface area contributed by atoms with Crippen molar-refractivity contribution < 1.29 is 28.5 Å². The summed E-state index contributed by atoms with van der Waals surface area (Å²) in [5.74, 6) is 0.634. The predicted octanol–water partition coefficient (Wildman–Crippen LogP) is 2.69. The van der Waals surface area contributed by atoms with Gasteiger partial charge in [0.1, 0.15) is 5.82 Å². The maximum Gasteiger partial charge on any atom is 0.392 e. The molecule has 1 aliphatic heterocycles. The van der Waals surface area contributed by atoms with Crippen LogP contribution in [0.5, 0.6) is 5.75 Å². The molecule has 0 spiro atoms. The molecule has 0 bridgehead atoms. The van der Waals surface area contributed by atoms with Crippen LogP contribution < -0.4 is 15.8 Å². The van der Waals surface area contributed by atoms with E-state index < -0.39 is 17.8 Å². The fourth-order valence-corrected chi connectivity index (χ4v) is 4.71. The fraction of sp³-hybridized carbons (Fsp3) is 0.259. The van der Waals surface area contributed by atoms with Crippen molar-refractivity contribution in [1.82, 2.24) is 20.0 Å². The van der Waals surface area contributed by atoms with Crippen LogP contribution in [-0.2, 0) is 4.65 Å². The summed E-state index contributed by atoms with van der Waals surface area (Å²) in [6, 6.07) is 9.94. The summed E-state index contributed by atoms with van der Waals surface area (Å²) in [4.78, 5) is 29.6. The second-order valence-corrected chi connectivity index (χ2v) is 9.77. The third kappa shape index (κ3) is 7.40. The number of halogens is 3. The molecular formula is C27H24BCl2FN6O5. The standard InChI is InChI=1S/C27H24BCl2FN6O5/c28-41-14-7-21(23-18(29)5-6-19(31)24(23)30)42-22-15-20(34-35-25(22)32)26(39)33-17-3-1-16(2-4-17)27(40)37-10-8-36(9-11-37)12-13-38/h1-6,15,21,38H,8-13H2,(H2,32,35)(H,33,39). The number of aliphatic hydroxyl groups excluding tert-OH is 1. The number of hydrogen-bond donors (Lipinski definition) is 3. The van der Waals surface area contributed by atoms with Crippen LogP contribution in [0.3, 0.4) is 0 Å². The number of nitrogens with zero attached hydrogens (tertiary/aromatic N) is 4. The Labute approximate surface area is 252 Å². The van der Waals surface area contributed by atoms with Crippen LogP contribution in [0.2, 0.25) is 10.0 Å². The van der Waals surface area contributed by atoms with E-state index in [1.807, 2.05) is 0 Å². The maximum atomic E-state index is 14.2. The van der Waals surface area contributed by atoms with E-state index in [9.17, 15) is 14.0 Å². The van der Waals surface area contributed by atoms with Gasteiger partial charge in [-0.05, 0) is 42.3 Å². The van der Waals surface area contributed by atoms with Crippen molar-refractivity contribution in [2.45, 2.75) is 6.10 Å². The monoisotopic (exact) mass is 612 g/mol. The molecule has 0 saturated carbocycles. The Hall–Kier alpha value is -4.09. The van der Waals surface area contributed by atoms with Crippen molar-refractivity contribution in [3.05, 3.63) is 75.1 Å². The number of amides is 2. The lowest BCUT2D eigenvalue weighted by Crippen LogP contribution is -2.49. The van der Waals surface area contributed by atoms with Crippen LogP contribution in [0, 0.1) is 17.8 Å². The third-order valence-corrected chi connectivity index (χ3v) is 7.03. The molecule has 0 aliphatic carbocycles. The second-order valence-electron chi connectivity index (χ2n) is 8.99. The van der Waals surface area contributed by atoms with Gasteiger partial charge in [0.25, 0.3) is 11.8 Å². The van der Waals surface area contributed by atoms with Gasteiger partial charge in [-0.2, -0.15) is 0 Å². The van der Waals surface area contributed by atoms with E-state index in [-0.39, 0.29) is 45.4 Å². The largest absolute Gasteiger partial charge is 0.527 e. The number of nitrogens with two attached hydrogens (primary N) is 1. The van der Waals surface area contributed by atoms with Crippen LogP contribution in [-0.4, -0.2) is 84.3 Å². The number of carbonyl (C=O) groups excluding carboxylic acids is 2. The predicted molar refractivity (Wildman–Crippen MR) is 155 cm³/mol. The molecule has 1 aliphatic rings. The number of nitrogen functional groups attached to an aromatic ring is 1. The van der Waals surface area contributed by atoms with Gasteiger partial charge in [-0.1, -0.05) is 23.2 Å². The molecule has 2 radical (unpaired) electrons. The molecule has 1 fully saturated rings. The zero-order valence-corrected chi connectivity index (χ0v) is 23.5. The molecule has 4 N–H and O–H groups in total. The van der Waals surface area contributed by atoms with Crippen LogP contribution in [0.1, 0.15) is 32.5 Å². The van der Waals surface area contributed by atoms with Crippen molar-refractivity contribution in [3.8, 4) is 17.8 Å². The van der Waals surface area contributed by atoms with Gasteiger partial charge in [-0.3, -0.25) is 14.5 Å². The molecule has 3 aromatic rings. The summed E-state index contributed by atoms with van der Waals surface area (Å²) in [7, 11) is 5.00. The third-order valence-electron chi connectivity index (χ3n) is 6.32. The Morgan fingerprint density at radius 3 is 2.52 bits per heavy atom. The number of nitrogens with one attached hydrogen (secondary N) is 1. The van der Waals surface area contributed by atoms with Gasteiger partial charge in [-0.15, -0.1) is 10.2 Å². The van der Waals surface area contributed by atoms with E-state index in [0.29, 0.717) is 44.0 Å². The van der Waals surface area contributed by atoms with Crippen molar-refractivity contribution in [3.63, 3.8) is 0 Å². The van der Waals surface area contributed by atoms with Crippen LogP contribution in [0.15, 0.2) is 42.5 Å². The average Bonchev–Trinajstić information content (AvgIpc) is 2.99. The highest BCUT2D eigenvalue weighted by Crippen LogP contribution is 2.36. The molecular weight excluding hydrogens is 589 g/mol. The summed E-state index contributed by atoms with van der Waals surface area (Å²) >= 11 is 12.3. The lowest BCUT2D eigenvalue weighted by atomic mass is 10.1. The van der Waals surface area contributed by atoms with Gasteiger partial charge in [0, 0.05) is 55.6 Å². The van der Waals surface area contributed by atoms with Gasteiger partial charge in [0.2, 0.25) is 0 Å². The Bertz CT molecular complexity index is 1510. The molecule has 1 atom stereocenters. The first-order valence-corrected chi connectivity index (χ1v) is 13.3. The SMILES string of the molecule is [B]OC#CC(Oc1cc(C(=O)Nc2ccc(C(=O)N3CCN(CCO)CC3)cc2)nnc1N)c1c(Cl)ccc(F)c1Cl. The topological polar surface area (TPSA) is 143 Å². The zero-order chi connectivity index (χ0) is 30.2. The normalized spacial score (nSPS) is 14.0. The van der Waals surface area contributed by atoms with E-state index in [4.69, 9.17) is 46.8 Å². The summed E-state index contributed by atoms with van der Waals surface area (Å²) in [6.07, 6.45) is 0.829. The molecule has 4 rings (SSSR count). The van der Waals surface area contributed by atoms with Crippen molar-refractivity contribution in [1.29, 1.82) is 0 Å². The molecule has 1 unspecified atom stereocenters. The highest BCUT2D eigenvalue weighted by Gasteiger charge is 2.24. The number of rotatable bonds is 8. The molecule has 11 nitrogen and oxygen atoms in total. The number of piperazine rings is 1. The van der Waals surface area contributed by atoms with Crippen LogP contribution in [0.25, 0.3) is 0 Å². The first-order valence-electron chi connectivity index (χ1n) is 12.5. The summed E-state index contributed by atoms with van der Waals surface area (Å²) in [5, 5.41) is 19.0. The van der Waals surface area contributed by atoms with E-state index in [1.54, 1.807) is 29.2 Å². The van der Waals surface area contributed by atoms with Crippen LogP contribution >= 0.6 is 23.2 Å². The van der Waals surface area contributed by atoms with Gasteiger partial charge < -0.3 is 30.4 Å². The Balaban J connectivity index is 1.46. The first kappa shape index (κ1) is 30.9. The number of hydrogen-bond acceptors (Lipinski definition) is 9. The minimum atomic E-state index is -1.31. The van der Waals surface area contributed by atoms with Gasteiger partial charge in [-0.25, -0.2) is 4.39 Å². The minimum absolute atomic E-state index is 0.0215. The fourth-order valence-electron chi connectivity index (χ4n) is 4.14. The van der Waals surface area contributed by atoms with E-state index >= 15 is 0 Å². The number of aliphatic hydroxyl groups is 1. The van der Waals surface area contributed by atoms with Crippen molar-refractivity contribution in [2.75, 3.05) is 50.4 Å². The zero-order valence-electron chi connectivity index (χ0n) is 22.0. The number of benzene rings is 2. The van der Waals surface area contributed by atoms with Crippen LogP contribution in [0.4, 0.5) is 15.9 Å². The average molecular weight is 613 g/mol. The lowest BCUT2D eigenvalue weighted by Gasteiger charge is -2.34. The van der Waals surface area contributed by atoms with E-state index in [1.165, 1.54) is 12.1 Å². The molecule has 2 amide bonds. The number of anilines is 2. The number of carbonyl (C=O) groups is 2. The molecule has 2 heterocycles. The minimum Gasteiger partial charge on any atom is -0.527 e. The summed E-state index contributed by atoms with van der Waals surface area (Å²) in [5.41, 5.74) is 6.58. The molecule has 1 saturated heterocycles. The highest BCUT2D eigenvalue weighted by molar-refractivity contribution is 6.36. The van der Waals surface area contributed by atoms with E-state index in [2.05, 4.69) is 37.1 Å². The molecule has 15 heteroatoms. The summed E-state index contributed by atoms with van der Waals surface area (Å²) in [6.45, 7) is 3.14. The van der Waals surface area contributed by atoms with E-state index in [0.717, 1.165) is 6.07 Å². The molecule has 42 heavy (non-hydrogen) atoms. The van der Waals surface area contributed by atoms with Gasteiger partial charge in [0.15, 0.2) is 23.4 Å². The highest BCUT2D eigenvalue weighted by atomic mass is 35.5. The van der Waals surface area contributed by atoms with Gasteiger partial charge in [0.05, 0.1) is 22.8 Å². The quantitative estimate of drug-likeness (QED) is 0.199. The van der Waals surface area contributed by atoms with Gasteiger partial charge >= 0.3 is 8.05 Å². The molecule has 2 aromatic carbocycles. The number of ether oxygens (including phenoxy) is 1. The smallest absolute Gasteiger partial charge is 0.392 e. The Kier molecular flexibility index (Phi) is 10.4. The number of aromatic nitrogens is 2. The summed E-state index contributed by atoms with van der Waals surface area (Å²) < 4.78 is 24.3. The molecule has 1 aromatic heterocycles. The lowest BCUT2D eigenvalue weighted by molar-refractivity contribution is 0.0615. The van der Waals surface area contributed by atoms with Crippen molar-refractivity contribution in [2.24, 2.45) is 0 Å². The molecule has 216 valence electrons. The number of β-amino-alcohol motifs (C(OH)–C–C–N with tert-alkyl or cyclic N) is 1. The van der Waals surface area contributed by atoms with Crippen molar-refractivity contribution >= 4 is 54.6 Å². The first-order chi connectivity index (χ1) is 20.2. The Morgan fingerprint density at radius 2 is 1.86 bits per heavy atom.